The second kappa shape index (κ2) is 7.33. The van der Waals surface area contributed by atoms with Crippen LogP contribution < -0.4 is 5.32 Å². The van der Waals surface area contributed by atoms with Gasteiger partial charge in [-0.05, 0) is 53.6 Å². The topological polar surface area (TPSA) is 49.3 Å². The van der Waals surface area contributed by atoms with Gasteiger partial charge in [-0.1, -0.05) is 13.8 Å². The van der Waals surface area contributed by atoms with Crippen LogP contribution in [0.25, 0.3) is 0 Å². The molecule has 0 spiro atoms. The van der Waals surface area contributed by atoms with E-state index < -0.39 is 0 Å². The van der Waals surface area contributed by atoms with Crippen molar-refractivity contribution in [3.8, 4) is 5.75 Å². The molecule has 0 bridgehead atoms. The van der Waals surface area contributed by atoms with Gasteiger partial charge in [-0.15, -0.1) is 11.6 Å². The van der Waals surface area contributed by atoms with Crippen molar-refractivity contribution in [2.45, 2.75) is 26.7 Å². The zero-order valence-corrected chi connectivity index (χ0v) is 14.1. The predicted molar refractivity (Wildman–Crippen MR) is 86.9 cm³/mol. The van der Waals surface area contributed by atoms with Crippen LogP contribution in [0, 0.1) is 8.99 Å². The second-order valence-electron chi connectivity index (χ2n) is 4.68. The lowest BCUT2D eigenvalue weighted by Gasteiger charge is -2.29. The Bertz CT molecular complexity index is 439. The lowest BCUT2D eigenvalue weighted by atomic mass is 9.84. The first kappa shape index (κ1) is 16.6. The van der Waals surface area contributed by atoms with Crippen molar-refractivity contribution in [3.63, 3.8) is 0 Å². The molecule has 0 fully saturated rings. The van der Waals surface area contributed by atoms with Crippen molar-refractivity contribution < 1.29 is 9.90 Å². The molecule has 0 aliphatic carbocycles. The number of carbonyl (C=O) groups excluding carboxylic acids is 1. The molecule has 1 amide bonds. The van der Waals surface area contributed by atoms with Crippen LogP contribution in [0.4, 0.5) is 0 Å². The Labute approximate surface area is 132 Å². The molecule has 2 N–H and O–H groups in total. The van der Waals surface area contributed by atoms with Gasteiger partial charge < -0.3 is 10.4 Å². The number of benzene rings is 1. The van der Waals surface area contributed by atoms with Crippen molar-refractivity contribution in [2.24, 2.45) is 5.41 Å². The molecule has 19 heavy (non-hydrogen) atoms. The van der Waals surface area contributed by atoms with E-state index in [2.05, 4.69) is 41.8 Å². The zero-order valence-electron chi connectivity index (χ0n) is 11.2. The van der Waals surface area contributed by atoms with Gasteiger partial charge in [-0.25, -0.2) is 0 Å². The number of carbonyl (C=O) groups is 1. The largest absolute Gasteiger partial charge is 0.507 e. The van der Waals surface area contributed by atoms with Crippen LogP contribution in [-0.2, 0) is 0 Å². The Hall–Kier alpha value is -0.490. The Balaban J connectivity index is 2.77. The van der Waals surface area contributed by atoms with E-state index >= 15 is 0 Å². The molecule has 1 aromatic carbocycles. The van der Waals surface area contributed by atoms with Gasteiger partial charge in [0.05, 0.1) is 5.56 Å². The van der Waals surface area contributed by atoms with E-state index in [1.807, 2.05) is 0 Å². The maximum atomic E-state index is 12.1. The molecule has 0 aromatic heterocycles. The number of rotatable bonds is 6. The van der Waals surface area contributed by atoms with Gasteiger partial charge in [0.2, 0.25) is 0 Å². The molecule has 0 aliphatic heterocycles. The molecule has 0 unspecified atom stereocenters. The molecule has 0 heterocycles. The first-order chi connectivity index (χ1) is 8.98. The molecular weight excluding hydrogens is 377 g/mol. The van der Waals surface area contributed by atoms with E-state index in [1.165, 1.54) is 6.07 Å². The quantitative estimate of drug-likeness (QED) is 0.569. The molecule has 0 aliphatic rings. The van der Waals surface area contributed by atoms with Gasteiger partial charge in [0.15, 0.2) is 0 Å². The Kier molecular flexibility index (Phi) is 6.39. The van der Waals surface area contributed by atoms with Crippen LogP contribution in [0.3, 0.4) is 0 Å². The molecule has 1 aromatic rings. The van der Waals surface area contributed by atoms with Crippen LogP contribution in [0.1, 0.15) is 37.0 Å². The van der Waals surface area contributed by atoms with E-state index in [4.69, 9.17) is 11.6 Å². The number of amides is 1. The Morgan fingerprint density at radius 2 is 2.05 bits per heavy atom. The summed E-state index contributed by atoms with van der Waals surface area (Å²) in [5.74, 6) is 0.258. The van der Waals surface area contributed by atoms with Crippen molar-refractivity contribution in [3.05, 3.63) is 27.3 Å². The van der Waals surface area contributed by atoms with Crippen molar-refractivity contribution in [1.82, 2.24) is 5.32 Å². The van der Waals surface area contributed by atoms with Crippen LogP contribution >= 0.6 is 34.2 Å². The average Bonchev–Trinajstić information content (AvgIpc) is 2.43. The summed E-state index contributed by atoms with van der Waals surface area (Å²) < 4.78 is 0.912. The minimum atomic E-state index is -0.257. The smallest absolute Gasteiger partial charge is 0.255 e. The number of hydrogen-bond donors (Lipinski definition) is 2. The summed E-state index contributed by atoms with van der Waals surface area (Å²) in [5.41, 5.74) is 0.233. The number of nitrogens with one attached hydrogen (secondary N) is 1. The van der Waals surface area contributed by atoms with Gasteiger partial charge in [-0.2, -0.15) is 0 Å². The van der Waals surface area contributed by atoms with E-state index in [9.17, 15) is 9.90 Å². The second-order valence-corrected chi connectivity index (χ2v) is 6.20. The van der Waals surface area contributed by atoms with Crippen molar-refractivity contribution in [1.29, 1.82) is 0 Å². The summed E-state index contributed by atoms with van der Waals surface area (Å²) in [7, 11) is 0. The summed E-state index contributed by atoms with van der Waals surface area (Å²) in [6.07, 6.45) is 1.82. The molecule has 3 nitrogen and oxygen atoms in total. The summed E-state index contributed by atoms with van der Waals surface area (Å²) >= 11 is 8.12. The fourth-order valence-corrected chi connectivity index (χ4v) is 2.75. The third-order valence-electron chi connectivity index (χ3n) is 3.61. The number of hydrogen-bond acceptors (Lipinski definition) is 2. The molecule has 106 valence electrons. The van der Waals surface area contributed by atoms with Gasteiger partial charge in [0, 0.05) is 21.4 Å². The summed E-state index contributed by atoms with van der Waals surface area (Å²) in [6, 6.07) is 4.96. The summed E-state index contributed by atoms with van der Waals surface area (Å²) in [5, 5.41) is 12.6. The number of phenolic OH excluding ortho intramolecular Hbond substituents is 1. The number of phenols is 1. The molecule has 1 rings (SSSR count). The molecule has 0 radical (unpaired) electrons. The van der Waals surface area contributed by atoms with E-state index in [0.717, 1.165) is 16.4 Å². The van der Waals surface area contributed by atoms with Crippen molar-refractivity contribution >= 4 is 40.1 Å². The highest BCUT2D eigenvalue weighted by molar-refractivity contribution is 14.1. The van der Waals surface area contributed by atoms with Crippen LogP contribution in [0.5, 0.6) is 5.75 Å². The third-order valence-corrected chi connectivity index (χ3v) is 4.85. The van der Waals surface area contributed by atoms with Crippen LogP contribution in [0.15, 0.2) is 18.2 Å². The van der Waals surface area contributed by atoms with E-state index in [-0.39, 0.29) is 17.1 Å². The first-order valence-electron chi connectivity index (χ1n) is 6.30. The maximum absolute atomic E-state index is 12.1. The minimum Gasteiger partial charge on any atom is -0.507 e. The van der Waals surface area contributed by atoms with Crippen LogP contribution in [-0.4, -0.2) is 23.4 Å². The van der Waals surface area contributed by atoms with E-state index in [1.54, 1.807) is 12.1 Å². The standard InChI is InChI=1S/C14H19ClINO2/c1-3-14(4-2,8-15)9-17-13(19)11-7-10(16)5-6-12(11)18/h5-7,18H,3-4,8-9H2,1-2H3,(H,17,19). The molecule has 5 heteroatoms. The van der Waals surface area contributed by atoms with Gasteiger partial charge >= 0.3 is 0 Å². The highest BCUT2D eigenvalue weighted by Crippen LogP contribution is 2.27. The predicted octanol–water partition coefficient (Wildman–Crippen LogP) is 3.77. The SMILES string of the molecule is CCC(CC)(CCl)CNC(=O)c1cc(I)ccc1O. The average molecular weight is 396 g/mol. The molecule has 0 saturated heterocycles. The number of aromatic hydroxyl groups is 1. The molecule has 0 atom stereocenters. The van der Waals surface area contributed by atoms with Crippen molar-refractivity contribution in [2.75, 3.05) is 12.4 Å². The zero-order chi connectivity index (χ0) is 14.5. The fraction of sp³-hybridized carbons (Fsp3) is 0.500. The van der Waals surface area contributed by atoms with Gasteiger partial charge in [-0.3, -0.25) is 4.79 Å². The Morgan fingerprint density at radius 1 is 1.42 bits per heavy atom. The normalized spacial score (nSPS) is 11.4. The molecule has 0 saturated carbocycles. The minimum absolute atomic E-state index is 0.00221. The number of alkyl halides is 1. The summed E-state index contributed by atoms with van der Waals surface area (Å²) in [6.45, 7) is 4.66. The highest BCUT2D eigenvalue weighted by atomic mass is 127. The number of halogens is 2. The van der Waals surface area contributed by atoms with E-state index in [0.29, 0.717) is 18.0 Å². The maximum Gasteiger partial charge on any atom is 0.255 e. The first-order valence-corrected chi connectivity index (χ1v) is 7.92. The third kappa shape index (κ3) is 4.24. The van der Waals surface area contributed by atoms with Gasteiger partial charge in [0.25, 0.3) is 5.91 Å². The highest BCUT2D eigenvalue weighted by Gasteiger charge is 2.26. The summed E-state index contributed by atoms with van der Waals surface area (Å²) in [4.78, 5) is 12.1. The monoisotopic (exact) mass is 395 g/mol. The fourth-order valence-electron chi connectivity index (χ4n) is 1.79. The lowest BCUT2D eigenvalue weighted by molar-refractivity contribution is 0.0929. The molecular formula is C14H19ClINO2. The lowest BCUT2D eigenvalue weighted by Crippen LogP contribution is -2.38. The van der Waals surface area contributed by atoms with Crippen LogP contribution in [0.2, 0.25) is 0 Å². The van der Waals surface area contributed by atoms with Gasteiger partial charge in [0.1, 0.15) is 5.75 Å². The Morgan fingerprint density at radius 3 is 2.58 bits per heavy atom.